The van der Waals surface area contributed by atoms with Gasteiger partial charge in [0.05, 0.1) is 5.92 Å². The van der Waals surface area contributed by atoms with Crippen LogP contribution in [0.5, 0.6) is 0 Å². The molecule has 0 bridgehead atoms. The number of rotatable bonds is 2. The van der Waals surface area contributed by atoms with Crippen LogP contribution in [0.1, 0.15) is 17.0 Å². The molecule has 0 radical (unpaired) electrons. The molecule has 0 aliphatic carbocycles. The molecule has 0 atom stereocenters. The van der Waals surface area contributed by atoms with E-state index in [1.165, 1.54) is 0 Å². The van der Waals surface area contributed by atoms with Crippen molar-refractivity contribution in [3.8, 4) is 0 Å². The Morgan fingerprint density at radius 1 is 0.520 bits per heavy atom. The first-order valence-corrected chi connectivity index (χ1v) is 9.21. The number of benzene rings is 4. The Hall–Kier alpha value is -1.73. The second-order valence-electron chi connectivity index (χ2n) is 6.11. The Balaban J connectivity index is 2.05. The molecule has 4 rings (SSSR count). The first-order valence-electron chi connectivity index (χ1n) is 8.08. The normalized spacial score (nSPS) is 12.2. The Bertz CT molecular complexity index is 958. The molecule has 0 aliphatic rings. The van der Waals surface area contributed by atoms with Crippen LogP contribution in [0, 0.1) is 0 Å². The topological polar surface area (TPSA) is 0 Å². The van der Waals surface area contributed by atoms with E-state index >= 15 is 0 Å². The number of fused-ring (bicyclic) bond motifs is 2. The van der Waals surface area contributed by atoms with Crippen molar-refractivity contribution in [3.63, 3.8) is 0 Å². The van der Waals surface area contributed by atoms with Crippen LogP contribution in [-0.2, 0) is 0 Å². The maximum Gasteiger partial charge on any atom is 0.201 e. The predicted molar refractivity (Wildman–Crippen MR) is 110 cm³/mol. The molecule has 124 valence electrons. The number of hydrogen-bond donors (Lipinski definition) is 0. The lowest BCUT2D eigenvalue weighted by atomic mass is 9.86. The summed E-state index contributed by atoms with van der Waals surface area (Å²) in [5.41, 5.74) is 2.05. The van der Waals surface area contributed by atoms with E-state index in [2.05, 4.69) is 48.5 Å². The highest BCUT2D eigenvalue weighted by Gasteiger charge is 2.37. The molecule has 0 aliphatic heterocycles. The smallest absolute Gasteiger partial charge is 0.0826 e. The molecule has 0 saturated heterocycles. The second-order valence-corrected chi connectivity index (χ2v) is 8.48. The van der Waals surface area contributed by atoms with Gasteiger partial charge in [0.2, 0.25) is 3.79 Å². The lowest BCUT2D eigenvalue weighted by Crippen LogP contribution is -2.19. The van der Waals surface area contributed by atoms with Crippen molar-refractivity contribution in [1.29, 1.82) is 0 Å². The number of hydrogen-bond acceptors (Lipinski definition) is 0. The van der Waals surface area contributed by atoms with Gasteiger partial charge in [-0.25, -0.2) is 0 Å². The molecule has 4 aromatic carbocycles. The lowest BCUT2D eigenvalue weighted by Gasteiger charge is -2.28. The molecular weight excluding hydrogens is 371 g/mol. The standard InChI is InChI=1S/C22H15Cl3/c23-22(24,25)21(19-13-5-9-15-7-1-3-11-17(15)19)20-14-6-10-16-8-2-4-12-18(16)20/h1-14,21H. The van der Waals surface area contributed by atoms with E-state index in [4.69, 9.17) is 34.8 Å². The highest BCUT2D eigenvalue weighted by atomic mass is 35.6. The highest BCUT2D eigenvalue weighted by molar-refractivity contribution is 6.68. The van der Waals surface area contributed by atoms with E-state index < -0.39 is 3.79 Å². The molecule has 25 heavy (non-hydrogen) atoms. The summed E-state index contributed by atoms with van der Waals surface area (Å²) in [5, 5.41) is 4.49. The van der Waals surface area contributed by atoms with Gasteiger partial charge in [0.15, 0.2) is 0 Å². The maximum absolute atomic E-state index is 6.50. The fraction of sp³-hybridized carbons (Fsp3) is 0.0909. The third kappa shape index (κ3) is 3.11. The van der Waals surface area contributed by atoms with Crippen molar-refractivity contribution in [2.24, 2.45) is 0 Å². The minimum atomic E-state index is -1.46. The van der Waals surface area contributed by atoms with Gasteiger partial charge in [-0.15, -0.1) is 0 Å². The molecule has 0 heterocycles. The Morgan fingerprint density at radius 2 is 0.920 bits per heavy atom. The van der Waals surface area contributed by atoms with E-state index in [1.807, 2.05) is 36.4 Å². The zero-order valence-electron chi connectivity index (χ0n) is 13.3. The second kappa shape index (κ2) is 6.53. The van der Waals surface area contributed by atoms with Crippen molar-refractivity contribution in [2.45, 2.75) is 9.71 Å². The monoisotopic (exact) mass is 384 g/mol. The van der Waals surface area contributed by atoms with Crippen LogP contribution in [0.15, 0.2) is 84.9 Å². The molecule has 0 spiro atoms. The summed E-state index contributed by atoms with van der Waals surface area (Å²) in [6, 6.07) is 28.7. The Labute approximate surface area is 161 Å². The maximum atomic E-state index is 6.50. The van der Waals surface area contributed by atoms with E-state index in [0.29, 0.717) is 0 Å². The molecule has 3 heteroatoms. The van der Waals surface area contributed by atoms with Gasteiger partial charge in [-0.1, -0.05) is 120 Å². The number of halogens is 3. The molecule has 0 saturated carbocycles. The molecule has 0 aromatic heterocycles. The summed E-state index contributed by atoms with van der Waals surface area (Å²) in [6.07, 6.45) is 0. The van der Waals surface area contributed by atoms with Crippen molar-refractivity contribution >= 4 is 56.3 Å². The van der Waals surface area contributed by atoms with Crippen LogP contribution in [-0.4, -0.2) is 3.79 Å². The minimum Gasteiger partial charge on any atom is -0.0826 e. The Morgan fingerprint density at radius 3 is 1.36 bits per heavy atom. The van der Waals surface area contributed by atoms with Gasteiger partial charge >= 0.3 is 0 Å². The summed E-state index contributed by atoms with van der Waals surface area (Å²) >= 11 is 19.5. The average Bonchev–Trinajstić information content (AvgIpc) is 2.61. The van der Waals surface area contributed by atoms with Crippen molar-refractivity contribution < 1.29 is 0 Å². The Kier molecular flexibility index (Phi) is 4.37. The summed E-state index contributed by atoms with van der Waals surface area (Å²) in [5.74, 6) is -0.366. The summed E-state index contributed by atoms with van der Waals surface area (Å²) in [6.45, 7) is 0. The van der Waals surface area contributed by atoms with Crippen LogP contribution in [0.4, 0.5) is 0 Å². The first-order chi connectivity index (χ1) is 12.1. The zero-order chi connectivity index (χ0) is 17.4. The quantitative estimate of drug-likeness (QED) is 0.313. The molecular formula is C22H15Cl3. The molecule has 0 amide bonds. The van der Waals surface area contributed by atoms with Gasteiger partial charge in [0.25, 0.3) is 0 Å². The largest absolute Gasteiger partial charge is 0.201 e. The molecule has 4 aromatic rings. The van der Waals surface area contributed by atoms with Crippen molar-refractivity contribution in [2.75, 3.05) is 0 Å². The third-order valence-electron chi connectivity index (χ3n) is 4.60. The van der Waals surface area contributed by atoms with Crippen molar-refractivity contribution in [1.82, 2.24) is 0 Å². The summed E-state index contributed by atoms with van der Waals surface area (Å²) in [4.78, 5) is 0. The molecule has 0 nitrogen and oxygen atoms in total. The summed E-state index contributed by atoms with van der Waals surface area (Å²) in [7, 11) is 0. The fourth-order valence-corrected chi connectivity index (χ4v) is 4.23. The van der Waals surface area contributed by atoms with Gasteiger partial charge in [0.1, 0.15) is 0 Å². The van der Waals surface area contributed by atoms with E-state index in [9.17, 15) is 0 Å². The lowest BCUT2D eigenvalue weighted by molar-refractivity contribution is 0.856. The van der Waals surface area contributed by atoms with Crippen LogP contribution >= 0.6 is 34.8 Å². The third-order valence-corrected chi connectivity index (χ3v) is 5.25. The van der Waals surface area contributed by atoms with Gasteiger partial charge in [-0.05, 0) is 32.7 Å². The van der Waals surface area contributed by atoms with Crippen LogP contribution in [0.3, 0.4) is 0 Å². The van der Waals surface area contributed by atoms with Crippen molar-refractivity contribution in [3.05, 3.63) is 96.1 Å². The van der Waals surface area contributed by atoms with E-state index in [0.717, 1.165) is 32.7 Å². The van der Waals surface area contributed by atoms with E-state index in [1.54, 1.807) is 0 Å². The van der Waals surface area contributed by atoms with Gasteiger partial charge in [-0.2, -0.15) is 0 Å². The summed E-state index contributed by atoms with van der Waals surface area (Å²) < 4.78 is -1.46. The molecule has 0 N–H and O–H groups in total. The molecule has 0 fully saturated rings. The minimum absolute atomic E-state index is 0.366. The SMILES string of the molecule is ClC(Cl)(Cl)C(c1cccc2ccccc12)c1cccc2ccccc12. The van der Waals surface area contributed by atoms with Gasteiger partial charge in [-0.3, -0.25) is 0 Å². The fourth-order valence-electron chi connectivity index (χ4n) is 3.52. The van der Waals surface area contributed by atoms with Crippen LogP contribution in [0.25, 0.3) is 21.5 Å². The van der Waals surface area contributed by atoms with Gasteiger partial charge in [0, 0.05) is 0 Å². The van der Waals surface area contributed by atoms with Crippen LogP contribution in [0.2, 0.25) is 0 Å². The molecule has 0 unspecified atom stereocenters. The average molecular weight is 386 g/mol. The van der Waals surface area contributed by atoms with Crippen LogP contribution < -0.4 is 0 Å². The zero-order valence-corrected chi connectivity index (χ0v) is 15.6. The highest BCUT2D eigenvalue weighted by Crippen LogP contribution is 2.48. The van der Waals surface area contributed by atoms with E-state index in [-0.39, 0.29) is 5.92 Å². The number of alkyl halides is 3. The van der Waals surface area contributed by atoms with Gasteiger partial charge < -0.3 is 0 Å². The first kappa shape index (κ1) is 16.7. The predicted octanol–water partition coefficient (Wildman–Crippen LogP) is 7.50.